The Labute approximate surface area is 118 Å². The molecule has 1 heterocycles. The highest BCUT2D eigenvalue weighted by molar-refractivity contribution is 6.19. The Morgan fingerprint density at radius 3 is 2.57 bits per heavy atom. The molecule has 3 nitrogen and oxygen atoms in total. The Balaban J connectivity index is 2.24. The number of fused-ring (bicyclic) bond motifs is 1. The number of anilines is 1. The fourth-order valence-corrected chi connectivity index (χ4v) is 2.12. The molecular weight excluding hydrogens is 281 g/mol. The molecule has 0 fully saturated rings. The molecule has 0 saturated carbocycles. The molecule has 1 atom stereocenters. The number of benzene rings is 2. The lowest BCUT2D eigenvalue weighted by atomic mass is 10.0. The van der Waals surface area contributed by atoms with E-state index in [1.807, 2.05) is 0 Å². The first-order chi connectivity index (χ1) is 10.0. The second kappa shape index (κ2) is 5.05. The quantitative estimate of drug-likeness (QED) is 0.806. The van der Waals surface area contributed by atoms with E-state index in [0.29, 0.717) is 0 Å². The van der Waals surface area contributed by atoms with E-state index in [9.17, 15) is 18.0 Å². The lowest BCUT2D eigenvalue weighted by molar-refractivity contribution is -0.120. The van der Waals surface area contributed by atoms with E-state index in [2.05, 4.69) is 10.3 Å². The Hall–Kier alpha value is -2.63. The van der Waals surface area contributed by atoms with Crippen molar-refractivity contribution in [2.24, 2.45) is 4.99 Å². The van der Waals surface area contributed by atoms with Crippen LogP contribution in [0.1, 0.15) is 11.1 Å². The van der Waals surface area contributed by atoms with Crippen LogP contribution in [-0.2, 0) is 4.79 Å². The molecule has 6 heteroatoms. The van der Waals surface area contributed by atoms with Crippen molar-refractivity contribution in [2.75, 3.05) is 5.32 Å². The highest BCUT2D eigenvalue weighted by Gasteiger charge is 2.25. The van der Waals surface area contributed by atoms with Crippen molar-refractivity contribution < 1.29 is 18.0 Å². The van der Waals surface area contributed by atoms with Crippen LogP contribution in [0.25, 0.3) is 0 Å². The lowest BCUT2D eigenvalue weighted by Crippen LogP contribution is -2.21. The van der Waals surface area contributed by atoms with Gasteiger partial charge in [-0.2, -0.15) is 0 Å². The molecule has 1 aliphatic heterocycles. The smallest absolute Gasteiger partial charge is 0.281 e. The molecule has 0 aliphatic carbocycles. The van der Waals surface area contributed by atoms with E-state index in [-0.39, 0.29) is 22.5 Å². The molecule has 0 radical (unpaired) electrons. The second-order valence-electron chi connectivity index (χ2n) is 4.50. The second-order valence-corrected chi connectivity index (χ2v) is 4.50. The van der Waals surface area contributed by atoms with E-state index in [4.69, 9.17) is 0 Å². The number of hydrogen-bond donors (Lipinski definition) is 1. The van der Waals surface area contributed by atoms with E-state index >= 15 is 0 Å². The minimum absolute atomic E-state index is 0.0230. The van der Waals surface area contributed by atoms with Crippen molar-refractivity contribution in [1.29, 1.82) is 0 Å². The van der Waals surface area contributed by atoms with Crippen LogP contribution in [0.4, 0.5) is 18.9 Å². The minimum atomic E-state index is -2.14. The molecule has 106 valence electrons. The summed E-state index contributed by atoms with van der Waals surface area (Å²) in [4.78, 5) is 15.2. The standard InChI is InChI=1S/C15H9F3N2O/c16-9-3-1-2-8(6-9)13-11-7-10(17)4-5-12(11)19-15(21)14(18)20-13/h1-7,14H,(H,19,21). The monoisotopic (exact) mass is 290 g/mol. The van der Waals surface area contributed by atoms with E-state index in [1.165, 1.54) is 24.3 Å². The number of alkyl halides is 1. The number of aliphatic imine (C=N–C) groups is 1. The van der Waals surface area contributed by atoms with E-state index in [1.54, 1.807) is 0 Å². The first-order valence-electron chi connectivity index (χ1n) is 6.13. The number of carbonyl (C=O) groups is 1. The van der Waals surface area contributed by atoms with Gasteiger partial charge in [-0.25, -0.2) is 18.2 Å². The summed E-state index contributed by atoms with van der Waals surface area (Å²) in [6.45, 7) is 0. The predicted molar refractivity (Wildman–Crippen MR) is 72.0 cm³/mol. The maximum Gasteiger partial charge on any atom is 0.281 e. The van der Waals surface area contributed by atoms with Gasteiger partial charge in [0, 0.05) is 11.1 Å². The molecule has 1 amide bonds. The Morgan fingerprint density at radius 1 is 1.05 bits per heavy atom. The summed E-state index contributed by atoms with van der Waals surface area (Å²) in [5, 5.41) is 2.32. The van der Waals surface area contributed by atoms with Gasteiger partial charge in [-0.15, -0.1) is 0 Å². The molecular formula is C15H9F3N2O. The van der Waals surface area contributed by atoms with Crippen molar-refractivity contribution in [1.82, 2.24) is 0 Å². The first-order valence-corrected chi connectivity index (χ1v) is 6.13. The molecule has 3 rings (SSSR count). The number of nitrogens with zero attached hydrogens (tertiary/aromatic N) is 1. The highest BCUT2D eigenvalue weighted by atomic mass is 19.1. The number of nitrogens with one attached hydrogen (secondary N) is 1. The van der Waals surface area contributed by atoms with Gasteiger partial charge in [0.2, 0.25) is 0 Å². The van der Waals surface area contributed by atoms with E-state index in [0.717, 1.165) is 18.2 Å². The van der Waals surface area contributed by atoms with E-state index < -0.39 is 23.8 Å². The predicted octanol–water partition coefficient (Wildman–Crippen LogP) is 3.05. The SMILES string of the molecule is O=C1Nc2ccc(F)cc2C(c2cccc(F)c2)=NC1F. The number of hydrogen-bond acceptors (Lipinski definition) is 2. The van der Waals surface area contributed by atoms with Gasteiger partial charge >= 0.3 is 0 Å². The van der Waals surface area contributed by atoms with Crippen molar-refractivity contribution in [3.05, 3.63) is 65.2 Å². The maximum absolute atomic E-state index is 13.8. The van der Waals surface area contributed by atoms with Gasteiger partial charge in [0.25, 0.3) is 12.2 Å². The molecule has 2 aromatic carbocycles. The Bertz CT molecular complexity index is 758. The summed E-state index contributed by atoms with van der Waals surface area (Å²) in [7, 11) is 0. The van der Waals surface area contributed by atoms with Gasteiger partial charge in [-0.05, 0) is 30.3 Å². The third-order valence-corrected chi connectivity index (χ3v) is 3.05. The zero-order valence-corrected chi connectivity index (χ0v) is 10.6. The lowest BCUT2D eigenvalue weighted by Gasteiger charge is -2.09. The van der Waals surface area contributed by atoms with Crippen LogP contribution in [0.15, 0.2) is 47.5 Å². The molecule has 2 aromatic rings. The topological polar surface area (TPSA) is 41.5 Å². The van der Waals surface area contributed by atoms with Crippen molar-refractivity contribution in [3.63, 3.8) is 0 Å². The van der Waals surface area contributed by atoms with Crippen molar-refractivity contribution >= 4 is 17.3 Å². The number of halogens is 3. The summed E-state index contributed by atoms with van der Waals surface area (Å²) in [6, 6.07) is 8.89. The largest absolute Gasteiger partial charge is 0.321 e. The normalized spacial score (nSPS) is 17.6. The Morgan fingerprint density at radius 2 is 1.81 bits per heavy atom. The molecule has 0 saturated heterocycles. The third-order valence-electron chi connectivity index (χ3n) is 3.05. The van der Waals surface area contributed by atoms with Crippen LogP contribution < -0.4 is 5.32 Å². The van der Waals surface area contributed by atoms with Crippen LogP contribution in [0.3, 0.4) is 0 Å². The summed E-state index contributed by atoms with van der Waals surface area (Å²) in [5.41, 5.74) is 0.717. The van der Waals surface area contributed by atoms with Crippen molar-refractivity contribution in [3.8, 4) is 0 Å². The van der Waals surface area contributed by atoms with Gasteiger partial charge in [0.05, 0.1) is 11.4 Å². The summed E-state index contributed by atoms with van der Waals surface area (Å²) >= 11 is 0. The van der Waals surface area contributed by atoms with Crippen LogP contribution in [-0.4, -0.2) is 17.9 Å². The zero-order chi connectivity index (χ0) is 15.0. The number of carbonyl (C=O) groups excluding carboxylic acids is 1. The van der Waals surface area contributed by atoms with Crippen molar-refractivity contribution in [2.45, 2.75) is 6.30 Å². The summed E-state index contributed by atoms with van der Waals surface area (Å²) < 4.78 is 40.6. The zero-order valence-electron chi connectivity index (χ0n) is 10.6. The number of benzodiazepines with no additional fused rings is 1. The van der Waals surface area contributed by atoms with Gasteiger partial charge in [0.15, 0.2) is 0 Å². The van der Waals surface area contributed by atoms with Crippen LogP contribution in [0, 0.1) is 11.6 Å². The molecule has 1 N–H and O–H groups in total. The maximum atomic E-state index is 13.8. The molecule has 0 aromatic heterocycles. The fourth-order valence-electron chi connectivity index (χ4n) is 2.12. The summed E-state index contributed by atoms with van der Waals surface area (Å²) in [5.74, 6) is -2.05. The fraction of sp³-hybridized carbons (Fsp3) is 0.0667. The molecule has 0 bridgehead atoms. The van der Waals surface area contributed by atoms with Crippen LogP contribution in [0.2, 0.25) is 0 Å². The van der Waals surface area contributed by atoms with Gasteiger partial charge in [-0.3, -0.25) is 4.79 Å². The Kier molecular flexibility index (Phi) is 3.21. The van der Waals surface area contributed by atoms with Crippen LogP contribution >= 0.6 is 0 Å². The number of amides is 1. The molecule has 1 unspecified atom stereocenters. The first kappa shape index (κ1) is 13.4. The third kappa shape index (κ3) is 2.52. The summed E-state index contributed by atoms with van der Waals surface area (Å²) in [6.07, 6.45) is -2.14. The highest BCUT2D eigenvalue weighted by Crippen LogP contribution is 2.25. The van der Waals surface area contributed by atoms with Crippen LogP contribution in [0.5, 0.6) is 0 Å². The molecule has 21 heavy (non-hydrogen) atoms. The molecule has 0 spiro atoms. The van der Waals surface area contributed by atoms with Gasteiger partial charge in [-0.1, -0.05) is 12.1 Å². The van der Waals surface area contributed by atoms with Gasteiger partial charge < -0.3 is 5.32 Å². The average molecular weight is 290 g/mol. The number of rotatable bonds is 1. The van der Waals surface area contributed by atoms with Gasteiger partial charge in [0.1, 0.15) is 11.6 Å². The minimum Gasteiger partial charge on any atom is -0.321 e. The molecule has 1 aliphatic rings. The average Bonchev–Trinajstić information content (AvgIpc) is 2.57.